The first kappa shape index (κ1) is 12.1. The van der Waals surface area contributed by atoms with Crippen molar-refractivity contribution in [1.29, 1.82) is 0 Å². The van der Waals surface area contributed by atoms with E-state index in [1.807, 2.05) is 18.2 Å². The van der Waals surface area contributed by atoms with Crippen LogP contribution in [0.15, 0.2) is 36.4 Å². The quantitative estimate of drug-likeness (QED) is 0.651. The molecule has 2 aromatic carbocycles. The van der Waals surface area contributed by atoms with E-state index in [-0.39, 0.29) is 11.9 Å². The summed E-state index contributed by atoms with van der Waals surface area (Å²) in [6, 6.07) is 10.9. The zero-order valence-corrected chi connectivity index (χ0v) is 10.2. The van der Waals surface area contributed by atoms with Crippen LogP contribution in [0.4, 0.5) is 5.69 Å². The predicted octanol–water partition coefficient (Wildman–Crippen LogP) is 2.72. The minimum absolute atomic E-state index is 0.120. The number of hydrogen-bond acceptors (Lipinski definition) is 3. The maximum Gasteiger partial charge on any atom is 0.308 e. The summed E-state index contributed by atoms with van der Waals surface area (Å²) >= 11 is 0. The molecule has 0 aliphatic rings. The first-order valence-corrected chi connectivity index (χ1v) is 5.55. The summed E-state index contributed by atoms with van der Waals surface area (Å²) in [5.74, 6) is 0.0494. The maximum absolute atomic E-state index is 11.0. The van der Waals surface area contributed by atoms with Crippen LogP contribution in [0.3, 0.4) is 0 Å². The van der Waals surface area contributed by atoms with Crippen molar-refractivity contribution in [2.45, 2.75) is 13.8 Å². The normalized spacial score (nSPS) is 10.1. The Kier molecular flexibility index (Phi) is 3.28. The van der Waals surface area contributed by atoms with Crippen LogP contribution in [0.25, 0.3) is 10.8 Å². The molecule has 0 spiro atoms. The molecule has 4 heteroatoms. The third kappa shape index (κ3) is 2.66. The lowest BCUT2D eigenvalue weighted by Gasteiger charge is -2.08. The van der Waals surface area contributed by atoms with Crippen LogP contribution in [0, 0.1) is 0 Å². The molecule has 1 amide bonds. The van der Waals surface area contributed by atoms with E-state index in [4.69, 9.17) is 4.74 Å². The Hall–Kier alpha value is -2.36. The highest BCUT2D eigenvalue weighted by Crippen LogP contribution is 2.28. The third-order valence-electron chi connectivity index (χ3n) is 2.41. The van der Waals surface area contributed by atoms with Gasteiger partial charge in [-0.05, 0) is 29.7 Å². The number of nitrogens with one attached hydrogen (secondary N) is 1. The van der Waals surface area contributed by atoms with Gasteiger partial charge in [-0.25, -0.2) is 0 Å². The monoisotopic (exact) mass is 243 g/mol. The molecule has 0 radical (unpaired) electrons. The Morgan fingerprint density at radius 1 is 1.11 bits per heavy atom. The van der Waals surface area contributed by atoms with E-state index in [1.54, 1.807) is 18.2 Å². The van der Waals surface area contributed by atoms with Crippen LogP contribution >= 0.6 is 0 Å². The summed E-state index contributed by atoms with van der Waals surface area (Å²) in [5, 5.41) is 4.45. The average Bonchev–Trinajstić information content (AvgIpc) is 2.27. The standard InChI is InChI=1S/C14H13NO3/c1-9(16)15-12-6-7-13-11(8-12)4-3-5-14(13)18-10(2)17/h3-8H,1-2H3,(H,15,16). The topological polar surface area (TPSA) is 55.4 Å². The van der Waals surface area contributed by atoms with E-state index >= 15 is 0 Å². The van der Waals surface area contributed by atoms with E-state index < -0.39 is 0 Å². The van der Waals surface area contributed by atoms with Crippen molar-refractivity contribution in [3.8, 4) is 5.75 Å². The molecular formula is C14H13NO3. The lowest BCUT2D eigenvalue weighted by Crippen LogP contribution is -2.05. The lowest BCUT2D eigenvalue weighted by atomic mass is 10.1. The second kappa shape index (κ2) is 4.87. The van der Waals surface area contributed by atoms with Gasteiger partial charge in [-0.2, -0.15) is 0 Å². The van der Waals surface area contributed by atoms with Crippen LogP contribution in [0.2, 0.25) is 0 Å². The van der Waals surface area contributed by atoms with Gasteiger partial charge in [0.2, 0.25) is 5.91 Å². The zero-order valence-electron chi connectivity index (χ0n) is 10.2. The van der Waals surface area contributed by atoms with Gasteiger partial charge in [0.25, 0.3) is 0 Å². The van der Waals surface area contributed by atoms with E-state index in [9.17, 15) is 9.59 Å². The van der Waals surface area contributed by atoms with Crippen molar-refractivity contribution >= 4 is 28.3 Å². The van der Waals surface area contributed by atoms with Crippen LogP contribution in [0.1, 0.15) is 13.8 Å². The summed E-state index contributed by atoms with van der Waals surface area (Å²) in [7, 11) is 0. The summed E-state index contributed by atoms with van der Waals surface area (Å²) in [6.45, 7) is 2.82. The fourth-order valence-corrected chi connectivity index (χ4v) is 1.78. The number of anilines is 1. The summed E-state index contributed by atoms with van der Waals surface area (Å²) in [5.41, 5.74) is 0.718. The number of esters is 1. The minimum Gasteiger partial charge on any atom is -0.426 e. The molecule has 0 saturated carbocycles. The van der Waals surface area contributed by atoms with Crippen molar-refractivity contribution < 1.29 is 14.3 Å². The highest BCUT2D eigenvalue weighted by Gasteiger charge is 2.05. The lowest BCUT2D eigenvalue weighted by molar-refractivity contribution is -0.131. The molecule has 0 aliphatic heterocycles. The second-order valence-electron chi connectivity index (χ2n) is 3.97. The van der Waals surface area contributed by atoms with E-state index in [1.165, 1.54) is 13.8 Å². The van der Waals surface area contributed by atoms with Gasteiger partial charge in [0.05, 0.1) is 0 Å². The second-order valence-corrected chi connectivity index (χ2v) is 3.97. The Morgan fingerprint density at radius 2 is 1.89 bits per heavy atom. The molecule has 0 fully saturated rings. The summed E-state index contributed by atoms with van der Waals surface area (Å²) in [4.78, 5) is 22.0. The third-order valence-corrected chi connectivity index (χ3v) is 2.41. The number of rotatable bonds is 2. The van der Waals surface area contributed by atoms with Gasteiger partial charge in [-0.1, -0.05) is 12.1 Å². The molecule has 0 atom stereocenters. The fourth-order valence-electron chi connectivity index (χ4n) is 1.78. The zero-order chi connectivity index (χ0) is 13.1. The van der Waals surface area contributed by atoms with Crippen LogP contribution in [-0.4, -0.2) is 11.9 Å². The Labute approximate surface area is 105 Å². The molecule has 0 aromatic heterocycles. The molecule has 2 rings (SSSR count). The Balaban J connectivity index is 2.46. The van der Waals surface area contributed by atoms with Gasteiger partial charge >= 0.3 is 5.97 Å². The maximum atomic E-state index is 11.0. The van der Waals surface area contributed by atoms with E-state index in [2.05, 4.69) is 5.32 Å². The van der Waals surface area contributed by atoms with Gasteiger partial charge in [0.15, 0.2) is 0 Å². The largest absolute Gasteiger partial charge is 0.426 e. The molecule has 0 bridgehead atoms. The predicted molar refractivity (Wildman–Crippen MR) is 69.6 cm³/mol. The molecule has 2 aromatic rings. The number of benzene rings is 2. The van der Waals surface area contributed by atoms with Crippen LogP contribution in [-0.2, 0) is 9.59 Å². The number of hydrogen-bond donors (Lipinski definition) is 1. The van der Waals surface area contributed by atoms with Gasteiger partial charge in [0.1, 0.15) is 5.75 Å². The highest BCUT2D eigenvalue weighted by atomic mass is 16.5. The number of fused-ring (bicyclic) bond motifs is 1. The smallest absolute Gasteiger partial charge is 0.308 e. The molecule has 18 heavy (non-hydrogen) atoms. The molecule has 1 N–H and O–H groups in total. The summed E-state index contributed by atoms with van der Waals surface area (Å²) in [6.07, 6.45) is 0. The number of amides is 1. The molecule has 4 nitrogen and oxygen atoms in total. The van der Waals surface area contributed by atoms with Gasteiger partial charge in [0, 0.05) is 24.9 Å². The molecule has 92 valence electrons. The van der Waals surface area contributed by atoms with Gasteiger partial charge in [-0.15, -0.1) is 0 Å². The average molecular weight is 243 g/mol. The van der Waals surface area contributed by atoms with Crippen molar-refractivity contribution in [2.75, 3.05) is 5.32 Å². The molecule has 0 aliphatic carbocycles. The SMILES string of the molecule is CC(=O)Nc1ccc2c(OC(C)=O)cccc2c1. The first-order chi connectivity index (χ1) is 8.56. The van der Waals surface area contributed by atoms with Crippen molar-refractivity contribution in [3.63, 3.8) is 0 Å². The van der Waals surface area contributed by atoms with Crippen LogP contribution < -0.4 is 10.1 Å². The fraction of sp³-hybridized carbons (Fsp3) is 0.143. The van der Waals surface area contributed by atoms with Crippen molar-refractivity contribution in [2.24, 2.45) is 0 Å². The van der Waals surface area contributed by atoms with E-state index in [0.29, 0.717) is 5.75 Å². The number of carbonyl (C=O) groups is 2. The highest BCUT2D eigenvalue weighted by molar-refractivity contribution is 5.96. The molecule has 0 saturated heterocycles. The summed E-state index contributed by atoms with van der Waals surface area (Å²) < 4.78 is 5.12. The molecule has 0 heterocycles. The van der Waals surface area contributed by atoms with Gasteiger partial charge < -0.3 is 10.1 Å². The Bertz CT molecular complexity index is 619. The number of carbonyl (C=O) groups excluding carboxylic acids is 2. The number of ether oxygens (including phenoxy) is 1. The van der Waals surface area contributed by atoms with Crippen molar-refractivity contribution in [1.82, 2.24) is 0 Å². The molecule has 0 unspecified atom stereocenters. The van der Waals surface area contributed by atoms with Crippen LogP contribution in [0.5, 0.6) is 5.75 Å². The van der Waals surface area contributed by atoms with Crippen molar-refractivity contribution in [3.05, 3.63) is 36.4 Å². The van der Waals surface area contributed by atoms with Gasteiger partial charge in [-0.3, -0.25) is 9.59 Å². The Morgan fingerprint density at radius 3 is 2.56 bits per heavy atom. The minimum atomic E-state index is -0.353. The van der Waals surface area contributed by atoms with E-state index in [0.717, 1.165) is 16.5 Å². The molecular weight excluding hydrogens is 230 g/mol. The first-order valence-electron chi connectivity index (χ1n) is 5.55.